The summed E-state index contributed by atoms with van der Waals surface area (Å²) in [6.07, 6.45) is -0.0173. The van der Waals surface area contributed by atoms with Gasteiger partial charge in [0.05, 0.1) is 18.6 Å². The van der Waals surface area contributed by atoms with Gasteiger partial charge in [0, 0.05) is 7.05 Å². The van der Waals surface area contributed by atoms with Crippen LogP contribution in [-0.2, 0) is 14.3 Å². The molecule has 0 aromatic heterocycles. The summed E-state index contributed by atoms with van der Waals surface area (Å²) in [6.45, 7) is 4.13. The molecule has 0 radical (unpaired) electrons. The molecule has 0 aromatic rings. The Morgan fingerprint density at radius 1 is 1.40 bits per heavy atom. The molecule has 0 spiro atoms. The van der Waals surface area contributed by atoms with Crippen molar-refractivity contribution in [3.63, 3.8) is 0 Å². The zero-order valence-corrected chi connectivity index (χ0v) is 9.06. The molecule has 0 N–H and O–H groups in total. The highest BCUT2D eigenvalue weighted by molar-refractivity contribution is 6.16. The normalized spacial score (nSPS) is 29.9. The minimum atomic E-state index is -0.468. The van der Waals surface area contributed by atoms with Crippen molar-refractivity contribution in [3.8, 4) is 0 Å². The molecule has 0 aliphatic carbocycles. The van der Waals surface area contributed by atoms with E-state index in [0.29, 0.717) is 12.4 Å². The number of hydrogen-bond donors (Lipinski definition) is 0. The number of carbonyl (C=O) groups excluding carboxylic acids is 2. The lowest BCUT2D eigenvalue weighted by Crippen LogP contribution is -2.30. The highest BCUT2D eigenvalue weighted by Crippen LogP contribution is 2.32. The average molecular weight is 210 g/mol. The van der Waals surface area contributed by atoms with Crippen molar-refractivity contribution >= 4 is 17.7 Å². The Morgan fingerprint density at radius 3 is 2.67 bits per heavy atom. The fourth-order valence-electron chi connectivity index (χ4n) is 1.98. The van der Waals surface area contributed by atoms with Gasteiger partial charge < -0.3 is 4.74 Å². The Balaban J connectivity index is 2.21. The van der Waals surface area contributed by atoms with Gasteiger partial charge in [-0.1, -0.05) is 0 Å². The zero-order valence-electron chi connectivity index (χ0n) is 9.06. The van der Waals surface area contributed by atoms with Gasteiger partial charge in [-0.2, -0.15) is 0 Å². The van der Waals surface area contributed by atoms with Crippen molar-refractivity contribution in [3.05, 3.63) is 0 Å². The van der Waals surface area contributed by atoms with E-state index < -0.39 is 5.92 Å². The Kier molecular flexibility index (Phi) is 2.25. The maximum Gasteiger partial charge on any atom is 0.242 e. The van der Waals surface area contributed by atoms with E-state index in [1.807, 2.05) is 13.8 Å². The van der Waals surface area contributed by atoms with Crippen LogP contribution in [0.4, 0.5) is 0 Å². The molecular formula is C10H14N2O3. The maximum absolute atomic E-state index is 11.7. The number of carbonyl (C=O) groups is 2. The Bertz CT molecular complexity index is 349. The van der Waals surface area contributed by atoms with E-state index in [1.54, 1.807) is 0 Å². The number of ether oxygens (including phenoxy) is 1. The summed E-state index contributed by atoms with van der Waals surface area (Å²) < 4.78 is 5.44. The van der Waals surface area contributed by atoms with E-state index in [4.69, 9.17) is 4.74 Å². The van der Waals surface area contributed by atoms with Gasteiger partial charge in [0.25, 0.3) is 0 Å². The number of amides is 2. The molecule has 2 heterocycles. The highest BCUT2D eigenvalue weighted by Gasteiger charge is 2.52. The quantitative estimate of drug-likeness (QED) is 0.575. The van der Waals surface area contributed by atoms with Gasteiger partial charge in [-0.15, -0.1) is 0 Å². The highest BCUT2D eigenvalue weighted by atomic mass is 16.5. The number of aliphatic imine (C=N–C) groups is 1. The second kappa shape index (κ2) is 3.32. The summed E-state index contributed by atoms with van der Waals surface area (Å²) in [5, 5.41) is 0. The molecule has 15 heavy (non-hydrogen) atoms. The Morgan fingerprint density at radius 2 is 2.07 bits per heavy atom. The number of imide groups is 1. The molecule has 2 rings (SSSR count). The van der Waals surface area contributed by atoms with Crippen LogP contribution in [0, 0.1) is 11.8 Å². The van der Waals surface area contributed by atoms with Crippen LogP contribution in [0.25, 0.3) is 0 Å². The summed E-state index contributed by atoms with van der Waals surface area (Å²) in [6, 6.07) is 0. The number of rotatable bonds is 1. The fourth-order valence-corrected chi connectivity index (χ4v) is 1.98. The predicted molar refractivity (Wildman–Crippen MR) is 53.3 cm³/mol. The predicted octanol–water partition coefficient (Wildman–Crippen LogP) is 0.0545. The number of nitrogens with zero attached hydrogens (tertiary/aromatic N) is 2. The number of hydrogen-bond acceptors (Lipinski definition) is 4. The Hall–Kier alpha value is -1.39. The second-order valence-electron chi connectivity index (χ2n) is 4.17. The van der Waals surface area contributed by atoms with Crippen LogP contribution in [0.5, 0.6) is 0 Å². The first kappa shape index (κ1) is 10.1. The van der Waals surface area contributed by atoms with Crippen LogP contribution < -0.4 is 0 Å². The molecule has 2 atom stereocenters. The summed E-state index contributed by atoms with van der Waals surface area (Å²) in [7, 11) is 1.51. The molecule has 82 valence electrons. The molecule has 2 aliphatic heterocycles. The van der Waals surface area contributed by atoms with Crippen molar-refractivity contribution in [1.29, 1.82) is 0 Å². The zero-order chi connectivity index (χ0) is 11.2. The standard InChI is InChI=1S/C10H14N2O3/c1-5(2)15-8-7-6(4-11-8)9(13)12(3)10(7)14/h5-7H,4H2,1-3H3. The van der Waals surface area contributed by atoms with Crippen LogP contribution in [0.15, 0.2) is 4.99 Å². The first-order chi connectivity index (χ1) is 7.02. The molecule has 0 bridgehead atoms. The van der Waals surface area contributed by atoms with Crippen LogP contribution in [0.2, 0.25) is 0 Å². The first-order valence-corrected chi connectivity index (χ1v) is 5.04. The minimum absolute atomic E-state index is 0.0173. The van der Waals surface area contributed by atoms with Crippen molar-refractivity contribution in [2.75, 3.05) is 13.6 Å². The summed E-state index contributed by atoms with van der Waals surface area (Å²) in [5.41, 5.74) is 0. The molecule has 1 saturated heterocycles. The largest absolute Gasteiger partial charge is 0.478 e. The lowest BCUT2D eigenvalue weighted by Gasteiger charge is -2.13. The van der Waals surface area contributed by atoms with Gasteiger partial charge in [0.2, 0.25) is 11.8 Å². The van der Waals surface area contributed by atoms with Crippen LogP contribution in [0.3, 0.4) is 0 Å². The van der Waals surface area contributed by atoms with Gasteiger partial charge in [-0.3, -0.25) is 19.5 Å². The third-order valence-electron chi connectivity index (χ3n) is 2.71. The van der Waals surface area contributed by atoms with Gasteiger partial charge in [0.1, 0.15) is 5.92 Å². The minimum Gasteiger partial charge on any atom is -0.478 e. The maximum atomic E-state index is 11.7. The van der Waals surface area contributed by atoms with E-state index in [9.17, 15) is 9.59 Å². The van der Waals surface area contributed by atoms with Crippen LogP contribution in [0.1, 0.15) is 13.8 Å². The van der Waals surface area contributed by atoms with Crippen molar-refractivity contribution in [2.45, 2.75) is 20.0 Å². The topological polar surface area (TPSA) is 59.0 Å². The third kappa shape index (κ3) is 1.42. The molecule has 5 nitrogen and oxygen atoms in total. The lowest BCUT2D eigenvalue weighted by atomic mass is 9.98. The molecule has 2 unspecified atom stereocenters. The van der Waals surface area contributed by atoms with Crippen LogP contribution in [-0.4, -0.2) is 42.3 Å². The van der Waals surface area contributed by atoms with Crippen molar-refractivity contribution in [1.82, 2.24) is 4.90 Å². The van der Waals surface area contributed by atoms with Crippen molar-refractivity contribution in [2.24, 2.45) is 16.8 Å². The number of likely N-dealkylation sites (tertiary alicyclic amines) is 1. The SMILES string of the molecule is CC(C)OC1=NCC2C(=O)N(C)C(=O)C12. The lowest BCUT2D eigenvalue weighted by molar-refractivity contribution is -0.137. The van der Waals surface area contributed by atoms with Gasteiger partial charge in [-0.05, 0) is 13.8 Å². The third-order valence-corrected chi connectivity index (χ3v) is 2.71. The van der Waals surface area contributed by atoms with Gasteiger partial charge >= 0.3 is 0 Å². The Labute approximate surface area is 88.1 Å². The monoisotopic (exact) mass is 210 g/mol. The van der Waals surface area contributed by atoms with E-state index >= 15 is 0 Å². The van der Waals surface area contributed by atoms with Gasteiger partial charge in [-0.25, -0.2) is 0 Å². The smallest absolute Gasteiger partial charge is 0.242 e. The van der Waals surface area contributed by atoms with E-state index in [0.717, 1.165) is 0 Å². The average Bonchev–Trinajstić information content (AvgIpc) is 2.64. The molecule has 5 heteroatoms. The van der Waals surface area contributed by atoms with Crippen molar-refractivity contribution < 1.29 is 14.3 Å². The molecule has 2 aliphatic rings. The van der Waals surface area contributed by atoms with Crippen LogP contribution >= 0.6 is 0 Å². The van der Waals surface area contributed by atoms with E-state index in [2.05, 4.69) is 4.99 Å². The second-order valence-corrected chi connectivity index (χ2v) is 4.17. The van der Waals surface area contributed by atoms with Gasteiger partial charge in [0.15, 0.2) is 5.90 Å². The number of fused-ring (bicyclic) bond motifs is 1. The summed E-state index contributed by atoms with van der Waals surface area (Å²) >= 11 is 0. The summed E-state index contributed by atoms with van der Waals surface area (Å²) in [4.78, 5) is 28.6. The first-order valence-electron chi connectivity index (χ1n) is 5.04. The molecule has 0 saturated carbocycles. The molecule has 1 fully saturated rings. The molecule has 2 amide bonds. The summed E-state index contributed by atoms with van der Waals surface area (Å²) in [5.74, 6) is -0.697. The van der Waals surface area contributed by atoms with E-state index in [-0.39, 0.29) is 23.8 Å². The molecular weight excluding hydrogens is 196 g/mol. The molecule has 0 aromatic carbocycles. The fraction of sp³-hybridized carbons (Fsp3) is 0.700. The van der Waals surface area contributed by atoms with E-state index in [1.165, 1.54) is 11.9 Å².